The summed E-state index contributed by atoms with van der Waals surface area (Å²) in [7, 11) is 1.35. The Morgan fingerprint density at radius 3 is 2.52 bits per heavy atom. The first-order chi connectivity index (χ1) is 11.8. The van der Waals surface area contributed by atoms with E-state index >= 15 is 0 Å². The van der Waals surface area contributed by atoms with E-state index in [0.29, 0.717) is 0 Å². The molecule has 130 valence electrons. The molecule has 1 heterocycles. The molecule has 0 radical (unpaired) electrons. The Morgan fingerprint density at radius 2 is 1.84 bits per heavy atom. The molecule has 0 fully saturated rings. The van der Waals surface area contributed by atoms with Gasteiger partial charge in [-0.15, -0.1) is 0 Å². The minimum absolute atomic E-state index is 0.446. The number of alkyl halides is 3. The van der Waals surface area contributed by atoms with Gasteiger partial charge in [-0.2, -0.15) is 18.3 Å². The van der Waals surface area contributed by atoms with Gasteiger partial charge in [0.15, 0.2) is 5.69 Å². The number of aryl methyl sites for hydroxylation is 1. The summed E-state index contributed by atoms with van der Waals surface area (Å²) in [4.78, 5) is 12.3. The van der Waals surface area contributed by atoms with Crippen LogP contribution >= 0.6 is 0 Å². The molecule has 3 aromatic rings. The van der Waals surface area contributed by atoms with Gasteiger partial charge in [0.05, 0.1) is 11.6 Å². The predicted octanol–water partition coefficient (Wildman–Crippen LogP) is 4.08. The summed E-state index contributed by atoms with van der Waals surface area (Å²) >= 11 is 0. The van der Waals surface area contributed by atoms with Crippen molar-refractivity contribution in [1.29, 1.82) is 0 Å². The molecule has 0 bridgehead atoms. The third-order valence-corrected chi connectivity index (χ3v) is 3.96. The first kappa shape index (κ1) is 17.0. The SMILES string of the molecule is CC(NC(=O)c1cn(C)nc1C(F)(F)F)c1ccc2ccccc2c1. The molecule has 0 spiro atoms. The maximum absolute atomic E-state index is 13.0. The van der Waals surface area contributed by atoms with Gasteiger partial charge in [-0.1, -0.05) is 36.4 Å². The monoisotopic (exact) mass is 347 g/mol. The topological polar surface area (TPSA) is 46.9 Å². The fraction of sp³-hybridized carbons (Fsp3) is 0.222. The normalized spacial score (nSPS) is 13.0. The lowest BCUT2D eigenvalue weighted by Crippen LogP contribution is -2.28. The van der Waals surface area contributed by atoms with Crippen molar-refractivity contribution in [1.82, 2.24) is 15.1 Å². The number of nitrogens with zero attached hydrogens (tertiary/aromatic N) is 2. The molecule has 7 heteroatoms. The Labute approximate surface area is 142 Å². The van der Waals surface area contributed by atoms with Crippen LogP contribution in [0.3, 0.4) is 0 Å². The van der Waals surface area contributed by atoms with Gasteiger partial charge in [0, 0.05) is 13.2 Å². The fourth-order valence-electron chi connectivity index (χ4n) is 2.70. The Bertz CT molecular complexity index is 931. The van der Waals surface area contributed by atoms with E-state index in [0.717, 1.165) is 27.2 Å². The number of aromatic nitrogens is 2. The lowest BCUT2D eigenvalue weighted by atomic mass is 10.0. The zero-order valence-corrected chi connectivity index (χ0v) is 13.6. The number of rotatable bonds is 3. The van der Waals surface area contributed by atoms with Gasteiger partial charge in [-0.3, -0.25) is 9.48 Å². The summed E-state index contributed by atoms with van der Waals surface area (Å²) in [5.41, 5.74) is -0.856. The summed E-state index contributed by atoms with van der Waals surface area (Å²) in [5, 5.41) is 8.02. The molecular weight excluding hydrogens is 331 g/mol. The molecular formula is C18H16F3N3O. The zero-order valence-electron chi connectivity index (χ0n) is 13.6. The highest BCUT2D eigenvalue weighted by molar-refractivity contribution is 5.95. The van der Waals surface area contributed by atoms with Crippen LogP contribution < -0.4 is 5.32 Å². The summed E-state index contributed by atoms with van der Waals surface area (Å²) in [6.07, 6.45) is -3.61. The van der Waals surface area contributed by atoms with Crippen LogP contribution in [0.5, 0.6) is 0 Å². The van der Waals surface area contributed by atoms with Crippen molar-refractivity contribution in [2.24, 2.45) is 7.05 Å². The molecule has 1 aromatic heterocycles. The third-order valence-electron chi connectivity index (χ3n) is 3.96. The maximum Gasteiger partial charge on any atom is 0.435 e. The third kappa shape index (κ3) is 3.50. The van der Waals surface area contributed by atoms with Gasteiger partial charge in [-0.05, 0) is 29.3 Å². The Kier molecular flexibility index (Phi) is 4.24. The van der Waals surface area contributed by atoms with Gasteiger partial charge in [-0.25, -0.2) is 0 Å². The van der Waals surface area contributed by atoms with E-state index < -0.39 is 29.4 Å². The van der Waals surface area contributed by atoms with Crippen LogP contribution in [0, 0.1) is 0 Å². The average Bonchev–Trinajstić information content (AvgIpc) is 2.96. The second kappa shape index (κ2) is 6.23. The van der Waals surface area contributed by atoms with Crippen molar-refractivity contribution in [2.75, 3.05) is 0 Å². The van der Waals surface area contributed by atoms with Crippen LogP contribution in [0.4, 0.5) is 13.2 Å². The smallest absolute Gasteiger partial charge is 0.345 e. The number of hydrogen-bond donors (Lipinski definition) is 1. The molecule has 1 atom stereocenters. The second-order valence-electron chi connectivity index (χ2n) is 5.86. The highest BCUT2D eigenvalue weighted by atomic mass is 19.4. The predicted molar refractivity (Wildman–Crippen MR) is 88.0 cm³/mol. The number of carbonyl (C=O) groups excluding carboxylic acids is 1. The Hall–Kier alpha value is -2.83. The highest BCUT2D eigenvalue weighted by Crippen LogP contribution is 2.31. The number of fused-ring (bicyclic) bond motifs is 1. The number of halogens is 3. The molecule has 3 rings (SSSR count). The van der Waals surface area contributed by atoms with E-state index in [4.69, 9.17) is 0 Å². The average molecular weight is 347 g/mol. The summed E-state index contributed by atoms with van der Waals surface area (Å²) in [6.45, 7) is 1.73. The van der Waals surface area contributed by atoms with Crippen molar-refractivity contribution in [3.05, 3.63) is 65.5 Å². The fourth-order valence-corrected chi connectivity index (χ4v) is 2.70. The molecule has 25 heavy (non-hydrogen) atoms. The van der Waals surface area contributed by atoms with Crippen molar-refractivity contribution >= 4 is 16.7 Å². The molecule has 0 aliphatic heterocycles. The molecule has 0 aliphatic rings. The van der Waals surface area contributed by atoms with Crippen LogP contribution in [0.25, 0.3) is 10.8 Å². The molecule has 1 unspecified atom stereocenters. The molecule has 0 saturated heterocycles. The molecule has 0 aliphatic carbocycles. The highest BCUT2D eigenvalue weighted by Gasteiger charge is 2.39. The van der Waals surface area contributed by atoms with Crippen LogP contribution in [0.15, 0.2) is 48.7 Å². The molecule has 0 saturated carbocycles. The lowest BCUT2D eigenvalue weighted by Gasteiger charge is -2.15. The summed E-state index contributed by atoms with van der Waals surface area (Å²) < 4.78 is 40.0. The van der Waals surface area contributed by atoms with Gasteiger partial charge >= 0.3 is 6.18 Å². The number of hydrogen-bond acceptors (Lipinski definition) is 2. The molecule has 2 aromatic carbocycles. The number of nitrogens with one attached hydrogen (secondary N) is 1. The second-order valence-corrected chi connectivity index (χ2v) is 5.86. The van der Waals surface area contributed by atoms with Crippen molar-refractivity contribution in [2.45, 2.75) is 19.1 Å². The summed E-state index contributed by atoms with van der Waals surface area (Å²) in [5.74, 6) is -0.805. The van der Waals surface area contributed by atoms with E-state index in [-0.39, 0.29) is 0 Å². The van der Waals surface area contributed by atoms with Gasteiger partial charge in [0.1, 0.15) is 0 Å². The summed E-state index contributed by atoms with van der Waals surface area (Å²) in [6, 6.07) is 13.0. The quantitative estimate of drug-likeness (QED) is 0.776. The van der Waals surface area contributed by atoms with Crippen LogP contribution in [0.2, 0.25) is 0 Å². The standard InChI is InChI=1S/C18H16F3N3O/c1-11(13-8-7-12-5-3-4-6-14(12)9-13)22-17(25)15-10-24(2)23-16(15)18(19,20)21/h3-11H,1-2H3,(H,22,25). The van der Waals surface area contributed by atoms with Gasteiger partial charge in [0.25, 0.3) is 5.91 Å². The maximum atomic E-state index is 13.0. The Balaban J connectivity index is 1.85. The van der Waals surface area contributed by atoms with Crippen LogP contribution in [-0.2, 0) is 13.2 Å². The van der Waals surface area contributed by atoms with Gasteiger partial charge < -0.3 is 5.32 Å². The van der Waals surface area contributed by atoms with E-state index in [9.17, 15) is 18.0 Å². The molecule has 1 amide bonds. The molecule has 4 nitrogen and oxygen atoms in total. The first-order valence-electron chi connectivity index (χ1n) is 7.66. The van der Waals surface area contributed by atoms with Crippen molar-refractivity contribution in [3.63, 3.8) is 0 Å². The van der Waals surface area contributed by atoms with E-state index in [2.05, 4.69) is 10.4 Å². The molecule has 1 N–H and O–H groups in total. The lowest BCUT2D eigenvalue weighted by molar-refractivity contribution is -0.141. The van der Waals surface area contributed by atoms with E-state index in [1.54, 1.807) is 6.92 Å². The number of benzene rings is 2. The minimum Gasteiger partial charge on any atom is -0.345 e. The first-order valence-corrected chi connectivity index (χ1v) is 7.66. The van der Waals surface area contributed by atoms with E-state index in [1.807, 2.05) is 42.5 Å². The van der Waals surface area contributed by atoms with Crippen LogP contribution in [0.1, 0.15) is 34.6 Å². The Morgan fingerprint density at radius 1 is 1.16 bits per heavy atom. The van der Waals surface area contributed by atoms with Gasteiger partial charge in [0.2, 0.25) is 0 Å². The number of carbonyl (C=O) groups is 1. The number of amides is 1. The van der Waals surface area contributed by atoms with E-state index in [1.165, 1.54) is 7.05 Å². The minimum atomic E-state index is -4.68. The van der Waals surface area contributed by atoms with Crippen LogP contribution in [-0.4, -0.2) is 15.7 Å². The largest absolute Gasteiger partial charge is 0.435 e. The zero-order chi connectivity index (χ0) is 18.2. The van der Waals surface area contributed by atoms with Crippen molar-refractivity contribution in [3.8, 4) is 0 Å². The van der Waals surface area contributed by atoms with Crippen molar-refractivity contribution < 1.29 is 18.0 Å².